The Morgan fingerprint density at radius 2 is 1.93 bits per heavy atom. The van der Waals surface area contributed by atoms with Crippen molar-refractivity contribution >= 4 is 27.4 Å². The molecule has 1 saturated heterocycles. The van der Waals surface area contributed by atoms with Crippen LogP contribution < -0.4 is 15.4 Å². The molecule has 2 aromatic carbocycles. The number of hydrogen-bond donors (Lipinski definition) is 2. The number of sulfonamides is 1. The van der Waals surface area contributed by atoms with Gasteiger partial charge in [-0.3, -0.25) is 4.31 Å². The minimum absolute atomic E-state index is 0.0547. The monoisotopic (exact) mass is 390 g/mol. The van der Waals surface area contributed by atoms with E-state index < -0.39 is 15.8 Å². The highest BCUT2D eigenvalue weighted by atomic mass is 32.2. The van der Waals surface area contributed by atoms with Crippen molar-refractivity contribution in [2.24, 2.45) is 10.7 Å². The first-order valence-electron chi connectivity index (χ1n) is 8.69. The van der Waals surface area contributed by atoms with Gasteiger partial charge in [-0.25, -0.2) is 17.8 Å². The van der Waals surface area contributed by atoms with Gasteiger partial charge < -0.3 is 11.1 Å². The molecule has 0 aliphatic carbocycles. The molecule has 6 nitrogen and oxygen atoms in total. The Hall–Kier alpha value is -2.61. The van der Waals surface area contributed by atoms with Gasteiger partial charge in [0.25, 0.3) is 0 Å². The number of aryl methyl sites for hydroxylation is 2. The lowest BCUT2D eigenvalue weighted by Gasteiger charge is -2.17. The van der Waals surface area contributed by atoms with Gasteiger partial charge in [0, 0.05) is 12.2 Å². The van der Waals surface area contributed by atoms with Crippen LogP contribution in [0.1, 0.15) is 23.1 Å². The minimum atomic E-state index is -3.41. The summed E-state index contributed by atoms with van der Waals surface area (Å²) in [4.78, 5) is 4.23. The second kappa shape index (κ2) is 7.56. The van der Waals surface area contributed by atoms with Gasteiger partial charge >= 0.3 is 0 Å². The Labute approximate surface area is 159 Å². The third kappa shape index (κ3) is 4.57. The first kappa shape index (κ1) is 19.2. The number of rotatable bonds is 4. The predicted octanol–water partition coefficient (Wildman–Crippen LogP) is 2.91. The summed E-state index contributed by atoms with van der Waals surface area (Å²) in [5, 5.41) is 3.02. The summed E-state index contributed by atoms with van der Waals surface area (Å²) in [5.41, 5.74) is 9.67. The smallest absolute Gasteiger partial charge is 0.235 e. The fraction of sp³-hybridized carbons (Fsp3) is 0.316. The van der Waals surface area contributed by atoms with Crippen molar-refractivity contribution in [2.75, 3.05) is 21.9 Å². The van der Waals surface area contributed by atoms with E-state index >= 15 is 0 Å². The molecule has 144 valence electrons. The van der Waals surface area contributed by atoms with E-state index in [0.29, 0.717) is 18.5 Å². The molecule has 8 heteroatoms. The molecule has 0 spiro atoms. The quantitative estimate of drug-likeness (QED) is 0.621. The number of nitrogens with zero attached hydrogens (tertiary/aromatic N) is 2. The Morgan fingerprint density at radius 1 is 1.22 bits per heavy atom. The van der Waals surface area contributed by atoms with Gasteiger partial charge in [-0.1, -0.05) is 12.1 Å². The molecule has 0 radical (unpaired) electrons. The zero-order valence-electron chi connectivity index (χ0n) is 15.4. The van der Waals surface area contributed by atoms with E-state index in [1.807, 2.05) is 26.0 Å². The van der Waals surface area contributed by atoms with E-state index in [2.05, 4.69) is 16.4 Å². The molecule has 3 rings (SSSR count). The zero-order valence-corrected chi connectivity index (χ0v) is 16.2. The van der Waals surface area contributed by atoms with E-state index in [9.17, 15) is 12.8 Å². The van der Waals surface area contributed by atoms with Gasteiger partial charge in [0.05, 0.1) is 18.0 Å². The summed E-state index contributed by atoms with van der Waals surface area (Å²) in [6.07, 6.45) is 0.508. The summed E-state index contributed by atoms with van der Waals surface area (Å²) >= 11 is 0. The predicted molar refractivity (Wildman–Crippen MR) is 107 cm³/mol. The molecule has 0 atom stereocenters. The highest BCUT2D eigenvalue weighted by Crippen LogP contribution is 2.27. The van der Waals surface area contributed by atoms with E-state index in [4.69, 9.17) is 5.73 Å². The minimum Gasteiger partial charge on any atom is -0.370 e. The van der Waals surface area contributed by atoms with Crippen molar-refractivity contribution in [3.05, 3.63) is 58.9 Å². The maximum absolute atomic E-state index is 14.4. The second-order valence-corrected chi connectivity index (χ2v) is 8.74. The number of guanidine groups is 1. The second-order valence-electron chi connectivity index (χ2n) is 6.73. The molecule has 0 aromatic heterocycles. The highest BCUT2D eigenvalue weighted by molar-refractivity contribution is 7.93. The largest absolute Gasteiger partial charge is 0.370 e. The molecule has 2 aromatic rings. The number of aliphatic imine (C=N–C) groups is 1. The van der Waals surface area contributed by atoms with Gasteiger partial charge in [-0.05, 0) is 61.2 Å². The maximum Gasteiger partial charge on any atom is 0.235 e. The van der Waals surface area contributed by atoms with Crippen LogP contribution in [-0.2, 0) is 16.6 Å². The summed E-state index contributed by atoms with van der Waals surface area (Å²) in [7, 11) is -3.41. The van der Waals surface area contributed by atoms with Gasteiger partial charge in [0.2, 0.25) is 10.0 Å². The third-order valence-corrected chi connectivity index (χ3v) is 6.16. The number of nitrogens with one attached hydrogen (secondary N) is 1. The Balaban J connectivity index is 1.70. The highest BCUT2D eigenvalue weighted by Gasteiger charge is 2.30. The average Bonchev–Trinajstić information content (AvgIpc) is 2.91. The first-order chi connectivity index (χ1) is 12.7. The SMILES string of the molecule is Cc1cc(C)cc(NC(N)=NCc2ccc(N3CCCS3(=O)=O)c(F)c2)c1. The summed E-state index contributed by atoms with van der Waals surface area (Å²) in [6, 6.07) is 10.4. The van der Waals surface area contributed by atoms with Gasteiger partial charge in [-0.2, -0.15) is 0 Å². The van der Waals surface area contributed by atoms with Crippen molar-refractivity contribution in [2.45, 2.75) is 26.8 Å². The van der Waals surface area contributed by atoms with Crippen LogP contribution in [0.2, 0.25) is 0 Å². The zero-order chi connectivity index (χ0) is 19.6. The maximum atomic E-state index is 14.4. The lowest BCUT2D eigenvalue weighted by molar-refractivity contribution is 0.594. The fourth-order valence-electron chi connectivity index (χ4n) is 3.17. The molecule has 1 fully saturated rings. The van der Waals surface area contributed by atoms with Crippen molar-refractivity contribution in [1.82, 2.24) is 0 Å². The topological polar surface area (TPSA) is 87.8 Å². The molecule has 1 heterocycles. The molecule has 1 aliphatic rings. The molecular weight excluding hydrogens is 367 g/mol. The molecule has 0 unspecified atom stereocenters. The number of anilines is 2. The Bertz CT molecular complexity index is 969. The number of nitrogens with two attached hydrogens (primary N) is 1. The van der Waals surface area contributed by atoms with Gasteiger partial charge in [0.15, 0.2) is 5.96 Å². The normalized spacial score (nSPS) is 16.6. The van der Waals surface area contributed by atoms with Crippen LogP contribution in [0.25, 0.3) is 0 Å². The van der Waals surface area contributed by atoms with E-state index in [1.165, 1.54) is 12.1 Å². The van der Waals surface area contributed by atoms with Crippen molar-refractivity contribution < 1.29 is 12.8 Å². The first-order valence-corrected chi connectivity index (χ1v) is 10.3. The van der Waals surface area contributed by atoms with Crippen molar-refractivity contribution in [3.8, 4) is 0 Å². The molecular formula is C19H23FN4O2S. The van der Waals surface area contributed by atoms with Gasteiger partial charge in [-0.15, -0.1) is 0 Å². The lowest BCUT2D eigenvalue weighted by atomic mass is 10.1. The van der Waals surface area contributed by atoms with E-state index in [-0.39, 0.29) is 23.9 Å². The number of benzene rings is 2. The Morgan fingerprint density at radius 3 is 2.52 bits per heavy atom. The molecule has 0 amide bonds. The van der Waals surface area contributed by atoms with Crippen LogP contribution in [0.3, 0.4) is 0 Å². The number of halogens is 1. The summed E-state index contributed by atoms with van der Waals surface area (Å²) < 4.78 is 39.4. The molecule has 27 heavy (non-hydrogen) atoms. The summed E-state index contributed by atoms with van der Waals surface area (Å²) in [6.45, 7) is 4.49. The van der Waals surface area contributed by atoms with Gasteiger partial charge in [0.1, 0.15) is 5.82 Å². The van der Waals surface area contributed by atoms with Crippen LogP contribution in [0.4, 0.5) is 15.8 Å². The molecule has 0 saturated carbocycles. The Kier molecular flexibility index (Phi) is 5.36. The van der Waals surface area contributed by atoms with Crippen molar-refractivity contribution in [3.63, 3.8) is 0 Å². The van der Waals surface area contributed by atoms with Crippen LogP contribution in [0, 0.1) is 19.7 Å². The standard InChI is InChI=1S/C19H23FN4O2S/c1-13-8-14(2)10-16(9-13)23-19(21)22-12-15-4-5-18(17(20)11-15)24-6-3-7-27(24,25)26/h4-5,8-11H,3,6-7,12H2,1-2H3,(H3,21,22,23). The number of hydrogen-bond acceptors (Lipinski definition) is 3. The summed E-state index contributed by atoms with van der Waals surface area (Å²) in [5.74, 6) is -0.292. The van der Waals surface area contributed by atoms with E-state index in [0.717, 1.165) is 21.1 Å². The molecule has 1 aliphatic heterocycles. The lowest BCUT2D eigenvalue weighted by Crippen LogP contribution is -2.26. The van der Waals surface area contributed by atoms with Crippen LogP contribution >= 0.6 is 0 Å². The van der Waals surface area contributed by atoms with Crippen LogP contribution in [-0.4, -0.2) is 26.7 Å². The van der Waals surface area contributed by atoms with Crippen LogP contribution in [0.15, 0.2) is 41.4 Å². The molecule has 3 N–H and O–H groups in total. The third-order valence-electron chi connectivity index (χ3n) is 4.31. The van der Waals surface area contributed by atoms with Crippen LogP contribution in [0.5, 0.6) is 0 Å². The molecule has 0 bridgehead atoms. The average molecular weight is 390 g/mol. The van der Waals surface area contributed by atoms with E-state index in [1.54, 1.807) is 6.07 Å². The fourth-order valence-corrected chi connectivity index (χ4v) is 4.74. The van der Waals surface area contributed by atoms with Crippen molar-refractivity contribution in [1.29, 1.82) is 0 Å².